The maximum absolute atomic E-state index is 12.4. The van der Waals surface area contributed by atoms with E-state index in [1.807, 2.05) is 30.3 Å². The van der Waals surface area contributed by atoms with E-state index in [0.29, 0.717) is 19.6 Å². The predicted molar refractivity (Wildman–Crippen MR) is 87.5 cm³/mol. The number of fused-ring (bicyclic) bond motifs is 1. The van der Waals surface area contributed by atoms with Crippen LogP contribution in [-0.2, 0) is 11.2 Å². The van der Waals surface area contributed by atoms with Gasteiger partial charge in [0.2, 0.25) is 5.95 Å². The zero-order chi connectivity index (χ0) is 15.6. The van der Waals surface area contributed by atoms with Crippen LogP contribution in [0.3, 0.4) is 0 Å². The molecule has 5 heteroatoms. The van der Waals surface area contributed by atoms with Crippen molar-refractivity contribution >= 4 is 17.8 Å². The van der Waals surface area contributed by atoms with E-state index in [1.54, 1.807) is 12.4 Å². The molecule has 0 bridgehead atoms. The predicted octanol–water partition coefficient (Wildman–Crippen LogP) is 2.14. The second-order valence-corrected chi connectivity index (χ2v) is 5.75. The Morgan fingerprint density at radius 2 is 1.83 bits per heavy atom. The standard InChI is InChI=1S/C18H17N3O2/c22-17-15(10-14-3-1-2-4-16(14)17)9-13-11-19-18(20-12-13)21-5-7-23-8-6-21/h1-4,9,11-12H,5-8,10H2. The van der Waals surface area contributed by atoms with Crippen molar-refractivity contribution in [3.63, 3.8) is 0 Å². The highest BCUT2D eigenvalue weighted by Crippen LogP contribution is 2.27. The maximum Gasteiger partial charge on any atom is 0.225 e. The van der Waals surface area contributed by atoms with Gasteiger partial charge in [-0.15, -0.1) is 0 Å². The molecule has 2 aliphatic rings. The molecule has 116 valence electrons. The Labute approximate surface area is 134 Å². The lowest BCUT2D eigenvalue weighted by molar-refractivity contribution is 0.104. The molecule has 0 amide bonds. The monoisotopic (exact) mass is 307 g/mol. The fraction of sp³-hybridized carbons (Fsp3) is 0.278. The SMILES string of the molecule is O=C1C(=Cc2cnc(N3CCOCC3)nc2)Cc2ccccc21. The van der Waals surface area contributed by atoms with Crippen LogP contribution in [0.5, 0.6) is 0 Å². The molecule has 0 saturated carbocycles. The average Bonchev–Trinajstić information content (AvgIpc) is 2.93. The van der Waals surface area contributed by atoms with Crippen molar-refractivity contribution in [2.75, 3.05) is 31.2 Å². The normalized spacial score (nSPS) is 19.2. The maximum atomic E-state index is 12.4. The second kappa shape index (κ2) is 5.93. The average molecular weight is 307 g/mol. The summed E-state index contributed by atoms with van der Waals surface area (Å²) >= 11 is 0. The number of hydrogen-bond donors (Lipinski definition) is 0. The molecule has 5 nitrogen and oxygen atoms in total. The molecule has 2 heterocycles. The molecule has 0 unspecified atom stereocenters. The Morgan fingerprint density at radius 1 is 1.09 bits per heavy atom. The summed E-state index contributed by atoms with van der Waals surface area (Å²) in [6, 6.07) is 7.76. The number of carbonyl (C=O) groups is 1. The van der Waals surface area contributed by atoms with Crippen LogP contribution >= 0.6 is 0 Å². The van der Waals surface area contributed by atoms with Crippen molar-refractivity contribution < 1.29 is 9.53 Å². The van der Waals surface area contributed by atoms with Gasteiger partial charge in [0.1, 0.15) is 0 Å². The number of ketones is 1. The van der Waals surface area contributed by atoms with E-state index in [2.05, 4.69) is 14.9 Å². The van der Waals surface area contributed by atoms with Gasteiger partial charge in [-0.25, -0.2) is 9.97 Å². The van der Waals surface area contributed by atoms with Crippen LogP contribution < -0.4 is 4.90 Å². The number of anilines is 1. The van der Waals surface area contributed by atoms with Crippen molar-refractivity contribution in [3.05, 3.63) is 58.9 Å². The van der Waals surface area contributed by atoms with E-state index < -0.39 is 0 Å². The molecule has 1 aromatic carbocycles. The number of nitrogens with zero attached hydrogens (tertiary/aromatic N) is 3. The first kappa shape index (κ1) is 14.1. The van der Waals surface area contributed by atoms with Gasteiger partial charge in [-0.3, -0.25) is 4.79 Å². The number of aromatic nitrogens is 2. The molecule has 4 rings (SSSR count). The van der Waals surface area contributed by atoms with E-state index >= 15 is 0 Å². The van der Waals surface area contributed by atoms with Gasteiger partial charge in [0.05, 0.1) is 13.2 Å². The topological polar surface area (TPSA) is 55.3 Å². The largest absolute Gasteiger partial charge is 0.378 e. The van der Waals surface area contributed by atoms with Crippen molar-refractivity contribution in [1.82, 2.24) is 9.97 Å². The highest BCUT2D eigenvalue weighted by Gasteiger charge is 2.24. The van der Waals surface area contributed by atoms with Gasteiger partial charge in [0, 0.05) is 48.6 Å². The van der Waals surface area contributed by atoms with Crippen LogP contribution in [0.2, 0.25) is 0 Å². The number of rotatable bonds is 2. The van der Waals surface area contributed by atoms with Crippen LogP contribution in [-0.4, -0.2) is 42.1 Å². The molecule has 23 heavy (non-hydrogen) atoms. The molecule has 0 atom stereocenters. The summed E-state index contributed by atoms with van der Waals surface area (Å²) in [4.78, 5) is 23.3. The van der Waals surface area contributed by atoms with Gasteiger partial charge in [0.25, 0.3) is 0 Å². The minimum atomic E-state index is 0.109. The van der Waals surface area contributed by atoms with Gasteiger partial charge in [-0.05, 0) is 11.6 Å². The molecule has 1 fully saturated rings. The van der Waals surface area contributed by atoms with E-state index in [9.17, 15) is 4.79 Å². The van der Waals surface area contributed by atoms with E-state index in [0.717, 1.165) is 41.3 Å². The van der Waals surface area contributed by atoms with Crippen LogP contribution in [0.1, 0.15) is 21.5 Å². The van der Waals surface area contributed by atoms with Gasteiger partial charge < -0.3 is 9.64 Å². The molecule has 1 saturated heterocycles. The lowest BCUT2D eigenvalue weighted by Gasteiger charge is -2.26. The van der Waals surface area contributed by atoms with Gasteiger partial charge in [0.15, 0.2) is 5.78 Å². The zero-order valence-electron chi connectivity index (χ0n) is 12.7. The van der Waals surface area contributed by atoms with Crippen LogP contribution in [0.4, 0.5) is 5.95 Å². The summed E-state index contributed by atoms with van der Waals surface area (Å²) in [6.07, 6.45) is 6.13. The molecule has 1 aliphatic heterocycles. The number of ether oxygens (including phenoxy) is 1. The molecule has 2 aromatic rings. The Hall–Kier alpha value is -2.53. The Balaban J connectivity index is 1.54. The Morgan fingerprint density at radius 3 is 2.57 bits per heavy atom. The third kappa shape index (κ3) is 2.75. The van der Waals surface area contributed by atoms with E-state index in [4.69, 9.17) is 4.74 Å². The summed E-state index contributed by atoms with van der Waals surface area (Å²) in [5.74, 6) is 0.828. The lowest BCUT2D eigenvalue weighted by atomic mass is 10.1. The van der Waals surface area contributed by atoms with Crippen LogP contribution in [0.25, 0.3) is 6.08 Å². The van der Waals surface area contributed by atoms with E-state index in [-0.39, 0.29) is 5.78 Å². The summed E-state index contributed by atoms with van der Waals surface area (Å²) in [7, 11) is 0. The number of morpholine rings is 1. The minimum Gasteiger partial charge on any atom is -0.378 e. The third-order valence-corrected chi connectivity index (χ3v) is 4.23. The van der Waals surface area contributed by atoms with Crippen molar-refractivity contribution in [3.8, 4) is 0 Å². The van der Waals surface area contributed by atoms with Gasteiger partial charge >= 0.3 is 0 Å². The highest BCUT2D eigenvalue weighted by molar-refractivity contribution is 6.15. The number of hydrogen-bond acceptors (Lipinski definition) is 5. The molecule has 1 aromatic heterocycles. The van der Waals surface area contributed by atoms with Gasteiger partial charge in [-0.1, -0.05) is 24.3 Å². The first-order valence-corrected chi connectivity index (χ1v) is 7.79. The molecule has 0 N–H and O–H groups in total. The smallest absolute Gasteiger partial charge is 0.225 e. The lowest BCUT2D eigenvalue weighted by Crippen LogP contribution is -2.37. The molecule has 1 aliphatic carbocycles. The number of benzene rings is 1. The minimum absolute atomic E-state index is 0.109. The van der Waals surface area contributed by atoms with Crippen molar-refractivity contribution in [2.45, 2.75) is 6.42 Å². The van der Waals surface area contributed by atoms with E-state index in [1.165, 1.54) is 0 Å². The van der Waals surface area contributed by atoms with Crippen molar-refractivity contribution in [1.29, 1.82) is 0 Å². The van der Waals surface area contributed by atoms with Crippen molar-refractivity contribution in [2.24, 2.45) is 0 Å². The zero-order valence-corrected chi connectivity index (χ0v) is 12.7. The fourth-order valence-corrected chi connectivity index (χ4v) is 3.00. The summed E-state index contributed by atoms with van der Waals surface area (Å²) < 4.78 is 5.33. The van der Waals surface area contributed by atoms with Crippen LogP contribution in [0.15, 0.2) is 42.2 Å². The quantitative estimate of drug-likeness (QED) is 0.796. The number of allylic oxidation sites excluding steroid dienone is 1. The number of Topliss-reactive ketones (excluding diaryl/α,β-unsaturated/α-hetero) is 1. The molecular weight excluding hydrogens is 290 g/mol. The summed E-state index contributed by atoms with van der Waals surface area (Å²) in [5.41, 5.74) is 3.56. The first-order valence-electron chi connectivity index (χ1n) is 7.79. The number of carbonyl (C=O) groups excluding carboxylic acids is 1. The third-order valence-electron chi connectivity index (χ3n) is 4.23. The van der Waals surface area contributed by atoms with Gasteiger partial charge in [-0.2, -0.15) is 0 Å². The summed E-state index contributed by atoms with van der Waals surface area (Å²) in [5, 5.41) is 0. The van der Waals surface area contributed by atoms with Crippen LogP contribution in [0, 0.1) is 0 Å². The molecule has 0 spiro atoms. The Kier molecular flexibility index (Phi) is 3.63. The second-order valence-electron chi connectivity index (χ2n) is 5.75. The fourth-order valence-electron chi connectivity index (χ4n) is 3.00. The first-order chi connectivity index (χ1) is 11.3. The highest BCUT2D eigenvalue weighted by atomic mass is 16.5. The molecule has 0 radical (unpaired) electrons. The Bertz CT molecular complexity index is 762. The summed E-state index contributed by atoms with van der Waals surface area (Å²) in [6.45, 7) is 3.05. The molecular formula is C18H17N3O2.